The summed E-state index contributed by atoms with van der Waals surface area (Å²) in [6, 6.07) is 7.11. The maximum absolute atomic E-state index is 11.9. The quantitative estimate of drug-likeness (QED) is 0.694. The molecule has 0 atom stereocenters. The van der Waals surface area contributed by atoms with E-state index in [0.29, 0.717) is 28.6 Å². The Morgan fingerprint density at radius 1 is 1.24 bits per heavy atom. The molecule has 0 aliphatic carbocycles. The topological polar surface area (TPSA) is 73.1 Å². The molecular formula is C15H14N2O4. The maximum Gasteiger partial charge on any atom is 0.274 e. The average molecular weight is 286 g/mol. The lowest BCUT2D eigenvalue weighted by Crippen LogP contribution is -2.17. The number of amides is 1. The zero-order chi connectivity index (χ0) is 14.8. The van der Waals surface area contributed by atoms with Crippen molar-refractivity contribution >= 4 is 12.1 Å². The van der Waals surface area contributed by atoms with Gasteiger partial charge in [-0.3, -0.25) is 4.79 Å². The van der Waals surface area contributed by atoms with Gasteiger partial charge in [0.15, 0.2) is 11.5 Å². The molecule has 0 spiro atoms. The number of carbonyl (C=O) groups excluding carboxylic acids is 1. The number of hydrogen-bond acceptors (Lipinski definition) is 5. The molecule has 0 fully saturated rings. The first kappa shape index (κ1) is 13.2. The zero-order valence-electron chi connectivity index (χ0n) is 11.7. The van der Waals surface area contributed by atoms with Gasteiger partial charge in [-0.05, 0) is 43.7 Å². The number of furan rings is 1. The van der Waals surface area contributed by atoms with Crippen molar-refractivity contribution in [1.29, 1.82) is 0 Å². The molecule has 0 saturated heterocycles. The van der Waals surface area contributed by atoms with Gasteiger partial charge in [-0.2, -0.15) is 5.10 Å². The molecule has 1 N–H and O–H groups in total. The van der Waals surface area contributed by atoms with Crippen LogP contribution in [0, 0.1) is 13.8 Å². The first-order valence-corrected chi connectivity index (χ1v) is 6.43. The Labute approximate surface area is 121 Å². The van der Waals surface area contributed by atoms with Crippen LogP contribution >= 0.6 is 0 Å². The second-order valence-electron chi connectivity index (χ2n) is 4.64. The van der Waals surface area contributed by atoms with Gasteiger partial charge in [-0.25, -0.2) is 5.43 Å². The highest BCUT2D eigenvalue weighted by Crippen LogP contribution is 2.31. The first-order chi connectivity index (χ1) is 10.1. The molecule has 0 bridgehead atoms. The highest BCUT2D eigenvalue weighted by molar-refractivity contribution is 5.95. The van der Waals surface area contributed by atoms with Crippen LogP contribution < -0.4 is 14.9 Å². The Balaban J connectivity index is 1.67. The lowest BCUT2D eigenvalue weighted by Gasteiger charge is -1.99. The van der Waals surface area contributed by atoms with Gasteiger partial charge in [-0.1, -0.05) is 0 Å². The molecule has 0 saturated carbocycles. The fraction of sp³-hybridized carbons (Fsp3) is 0.200. The van der Waals surface area contributed by atoms with Gasteiger partial charge in [0.2, 0.25) is 6.79 Å². The summed E-state index contributed by atoms with van der Waals surface area (Å²) in [5.74, 6) is 2.34. The third-order valence-corrected chi connectivity index (χ3v) is 3.06. The molecule has 21 heavy (non-hydrogen) atoms. The number of fused-ring (bicyclic) bond motifs is 1. The molecule has 0 unspecified atom stereocenters. The van der Waals surface area contributed by atoms with Gasteiger partial charge in [0.25, 0.3) is 5.91 Å². The summed E-state index contributed by atoms with van der Waals surface area (Å²) >= 11 is 0. The van der Waals surface area contributed by atoms with E-state index in [0.717, 1.165) is 5.56 Å². The second-order valence-corrected chi connectivity index (χ2v) is 4.64. The number of nitrogens with one attached hydrogen (secondary N) is 1. The van der Waals surface area contributed by atoms with E-state index in [-0.39, 0.29) is 12.7 Å². The van der Waals surface area contributed by atoms with Crippen molar-refractivity contribution in [2.75, 3.05) is 6.79 Å². The van der Waals surface area contributed by atoms with Crippen LogP contribution in [0.3, 0.4) is 0 Å². The highest BCUT2D eigenvalue weighted by atomic mass is 16.7. The largest absolute Gasteiger partial charge is 0.466 e. The minimum atomic E-state index is -0.304. The summed E-state index contributed by atoms with van der Waals surface area (Å²) in [4.78, 5) is 11.9. The van der Waals surface area contributed by atoms with Crippen molar-refractivity contribution < 1.29 is 18.7 Å². The summed E-state index contributed by atoms with van der Waals surface area (Å²) < 4.78 is 15.8. The van der Waals surface area contributed by atoms with Gasteiger partial charge in [0.1, 0.15) is 11.5 Å². The lowest BCUT2D eigenvalue weighted by molar-refractivity contribution is 0.0953. The monoisotopic (exact) mass is 286 g/mol. The summed E-state index contributed by atoms with van der Waals surface area (Å²) in [6.07, 6.45) is 1.54. The third-order valence-electron chi connectivity index (χ3n) is 3.06. The third kappa shape index (κ3) is 2.74. The molecule has 3 rings (SSSR count). The Hall–Kier alpha value is -2.76. The SMILES string of the molecule is Cc1cc(C(=O)N/N=C/c2ccc3c(c2)OCO3)c(C)o1. The molecule has 2 heterocycles. The van der Waals surface area contributed by atoms with Crippen molar-refractivity contribution in [2.45, 2.75) is 13.8 Å². The van der Waals surface area contributed by atoms with Crippen molar-refractivity contribution in [3.05, 3.63) is 46.9 Å². The van der Waals surface area contributed by atoms with E-state index in [2.05, 4.69) is 10.5 Å². The number of aryl methyl sites for hydroxylation is 2. The van der Waals surface area contributed by atoms with Crippen LogP contribution in [0.15, 0.2) is 33.8 Å². The van der Waals surface area contributed by atoms with Crippen LogP contribution in [0.5, 0.6) is 11.5 Å². The highest BCUT2D eigenvalue weighted by Gasteiger charge is 2.13. The maximum atomic E-state index is 11.9. The van der Waals surface area contributed by atoms with E-state index < -0.39 is 0 Å². The molecule has 1 aromatic heterocycles. The zero-order valence-corrected chi connectivity index (χ0v) is 11.7. The second kappa shape index (κ2) is 5.32. The normalized spacial score (nSPS) is 12.9. The van der Waals surface area contributed by atoms with Crippen LogP contribution in [-0.4, -0.2) is 18.9 Å². The number of hydrazone groups is 1. The number of benzene rings is 1. The van der Waals surface area contributed by atoms with Crippen LogP contribution in [0.1, 0.15) is 27.4 Å². The van der Waals surface area contributed by atoms with Crippen LogP contribution in [0.25, 0.3) is 0 Å². The number of nitrogens with zero attached hydrogens (tertiary/aromatic N) is 1. The van der Waals surface area contributed by atoms with E-state index >= 15 is 0 Å². The van der Waals surface area contributed by atoms with E-state index in [4.69, 9.17) is 13.9 Å². The molecule has 108 valence electrons. The first-order valence-electron chi connectivity index (χ1n) is 6.43. The summed E-state index contributed by atoms with van der Waals surface area (Å²) in [7, 11) is 0. The molecule has 1 aliphatic rings. The fourth-order valence-corrected chi connectivity index (χ4v) is 2.08. The smallest absolute Gasteiger partial charge is 0.274 e. The Morgan fingerprint density at radius 2 is 2.05 bits per heavy atom. The van der Waals surface area contributed by atoms with Gasteiger partial charge in [0.05, 0.1) is 11.8 Å². The summed E-state index contributed by atoms with van der Waals surface area (Å²) in [5, 5.41) is 3.93. The Morgan fingerprint density at radius 3 is 2.81 bits per heavy atom. The van der Waals surface area contributed by atoms with E-state index in [1.165, 1.54) is 0 Å². The summed E-state index contributed by atoms with van der Waals surface area (Å²) in [6.45, 7) is 3.76. The number of carbonyl (C=O) groups is 1. The van der Waals surface area contributed by atoms with Crippen LogP contribution in [-0.2, 0) is 0 Å². The van der Waals surface area contributed by atoms with Crippen LogP contribution in [0.4, 0.5) is 0 Å². The van der Waals surface area contributed by atoms with E-state index in [1.807, 2.05) is 6.07 Å². The Bertz CT molecular complexity index is 718. The minimum Gasteiger partial charge on any atom is -0.466 e. The predicted molar refractivity (Wildman–Crippen MR) is 75.8 cm³/mol. The number of hydrogen-bond donors (Lipinski definition) is 1. The summed E-state index contributed by atoms with van der Waals surface area (Å²) in [5.41, 5.74) is 3.75. The van der Waals surface area contributed by atoms with Gasteiger partial charge < -0.3 is 13.9 Å². The molecule has 1 aliphatic heterocycles. The van der Waals surface area contributed by atoms with Gasteiger partial charge in [-0.15, -0.1) is 0 Å². The Kier molecular flexibility index (Phi) is 3.35. The van der Waals surface area contributed by atoms with Crippen LogP contribution in [0.2, 0.25) is 0 Å². The number of ether oxygens (including phenoxy) is 2. The fourth-order valence-electron chi connectivity index (χ4n) is 2.08. The number of rotatable bonds is 3. The molecule has 6 nitrogen and oxygen atoms in total. The van der Waals surface area contributed by atoms with Crippen molar-refractivity contribution in [3.8, 4) is 11.5 Å². The molecular weight excluding hydrogens is 272 g/mol. The molecule has 1 aromatic carbocycles. The lowest BCUT2D eigenvalue weighted by atomic mass is 10.2. The minimum absolute atomic E-state index is 0.228. The van der Waals surface area contributed by atoms with Crippen molar-refractivity contribution in [1.82, 2.24) is 5.43 Å². The molecule has 6 heteroatoms. The van der Waals surface area contributed by atoms with E-state index in [9.17, 15) is 4.79 Å². The van der Waals surface area contributed by atoms with Crippen molar-refractivity contribution in [3.63, 3.8) is 0 Å². The standard InChI is InChI=1S/C15H14N2O4/c1-9-5-12(10(2)21-9)15(18)17-16-7-11-3-4-13-14(6-11)20-8-19-13/h3-7H,8H2,1-2H3,(H,17,18)/b16-7+. The van der Waals surface area contributed by atoms with Gasteiger partial charge in [0, 0.05) is 0 Å². The average Bonchev–Trinajstić information content (AvgIpc) is 3.04. The molecule has 2 aromatic rings. The molecule has 0 radical (unpaired) electrons. The predicted octanol–water partition coefficient (Wildman–Crippen LogP) is 2.39. The van der Waals surface area contributed by atoms with Gasteiger partial charge >= 0.3 is 0 Å². The van der Waals surface area contributed by atoms with Crippen molar-refractivity contribution in [2.24, 2.45) is 5.10 Å². The molecule has 1 amide bonds. The van der Waals surface area contributed by atoms with E-state index in [1.54, 1.807) is 38.3 Å².